The summed E-state index contributed by atoms with van der Waals surface area (Å²) in [7, 11) is 0. The Morgan fingerprint density at radius 3 is 1.31 bits per heavy atom. The molecule has 11 aromatic rings. The molecule has 0 radical (unpaired) electrons. The summed E-state index contributed by atoms with van der Waals surface area (Å²) < 4.78 is 30.8. The second kappa shape index (κ2) is 35.6. The van der Waals surface area contributed by atoms with E-state index >= 15 is 0 Å². The van der Waals surface area contributed by atoms with Gasteiger partial charge in [0.1, 0.15) is 121 Å². The first kappa shape index (κ1) is 88.7. The number of hydrogen-bond acceptors (Lipinski definition) is 25. The van der Waals surface area contributed by atoms with Gasteiger partial charge in [0.05, 0.1) is 63.7 Å². The summed E-state index contributed by atoms with van der Waals surface area (Å²) in [5, 5.41) is 39.3. The number of aryl methyl sites for hydroxylation is 3. The molecule has 0 unspecified atom stereocenters. The highest BCUT2D eigenvalue weighted by Crippen LogP contribution is 2.35. The lowest BCUT2D eigenvalue weighted by Gasteiger charge is -2.20. The van der Waals surface area contributed by atoms with Crippen LogP contribution in [-0.2, 0) is 43.3 Å². The Kier molecular flexibility index (Phi) is 29.5. The van der Waals surface area contributed by atoms with Crippen LogP contribution in [0.15, 0.2) is 66.6 Å². The van der Waals surface area contributed by atoms with E-state index < -0.39 is 17.5 Å². The Labute approximate surface area is 636 Å². The third-order valence-corrected chi connectivity index (χ3v) is 15.6. The van der Waals surface area contributed by atoms with E-state index in [-0.39, 0.29) is 60.9 Å². The topological polar surface area (TPSA) is 439 Å². The number of nitriles is 3. The van der Waals surface area contributed by atoms with Gasteiger partial charge in [0.15, 0.2) is 5.52 Å². The number of alkyl halides is 2. The van der Waals surface area contributed by atoms with E-state index in [1.54, 1.807) is 38.7 Å². The zero-order valence-corrected chi connectivity index (χ0v) is 68.0. The summed E-state index contributed by atoms with van der Waals surface area (Å²) in [6, 6.07) is 11.7. The van der Waals surface area contributed by atoms with Crippen molar-refractivity contribution in [3.05, 3.63) is 158 Å². The lowest BCUT2D eigenvalue weighted by molar-refractivity contribution is 0.145. The van der Waals surface area contributed by atoms with Gasteiger partial charge >= 0.3 is 0 Å². The smallest absolute Gasteiger partial charge is 0.281 e. The predicted molar refractivity (Wildman–Crippen MR) is 418 cm³/mol. The summed E-state index contributed by atoms with van der Waals surface area (Å²) in [6.45, 7) is 53.9. The Bertz CT molecular complexity index is 4750. The number of pyridine rings is 2. The minimum atomic E-state index is -2.75. The fraction of sp³-hybridized carbons (Fsp3) is 0.474. The molecular formula is C76H102Cl2F2N26O. The molecule has 0 fully saturated rings. The molecule has 107 heavy (non-hydrogen) atoms. The van der Waals surface area contributed by atoms with Crippen LogP contribution in [0.3, 0.4) is 0 Å². The molecule has 0 aromatic carbocycles. The Balaban J connectivity index is 0.000000259. The molecule has 0 amide bonds. The molecule has 11 heterocycles. The number of H-pyrrole nitrogens is 2. The Morgan fingerprint density at radius 2 is 0.822 bits per heavy atom. The molecule has 31 heteroatoms. The number of nitrogens with zero attached hydrogens (tertiary/aromatic N) is 20. The number of aromatic amines is 2. The van der Waals surface area contributed by atoms with Gasteiger partial charge in [-0.1, -0.05) is 189 Å². The van der Waals surface area contributed by atoms with Gasteiger partial charge in [-0.05, 0) is 39.0 Å². The van der Waals surface area contributed by atoms with Gasteiger partial charge in [0.2, 0.25) is 5.65 Å². The van der Waals surface area contributed by atoms with Gasteiger partial charge in [-0.15, -0.1) is 5.10 Å². The van der Waals surface area contributed by atoms with Gasteiger partial charge in [-0.3, -0.25) is 9.97 Å². The van der Waals surface area contributed by atoms with Crippen LogP contribution < -0.4 is 22.9 Å². The van der Waals surface area contributed by atoms with Crippen molar-refractivity contribution in [2.75, 3.05) is 22.9 Å². The fourth-order valence-corrected chi connectivity index (χ4v) is 10.6. The number of furan rings is 1. The molecule has 0 aliphatic rings. The van der Waals surface area contributed by atoms with Crippen LogP contribution >= 0.6 is 23.2 Å². The van der Waals surface area contributed by atoms with Gasteiger partial charge in [0.25, 0.3) is 6.43 Å². The lowest BCUT2D eigenvalue weighted by atomic mass is 9.88. The van der Waals surface area contributed by atoms with E-state index in [0.717, 1.165) is 56.0 Å². The average Bonchev–Trinajstić information content (AvgIpc) is 1.62. The van der Waals surface area contributed by atoms with E-state index in [2.05, 4.69) is 157 Å². The standard InChI is InChI=1S/C11H13F2N3.C11H13NO.C10H14N4.C10H13N3.C9H14ClN3.C9H12N4.C8H12ClN3.C8H11N5/c1-6-15-8(10(12)13)7(5-14)9(16-6)11(2,3)4;1-11(2,3)10-8-5-7-13-9(8)4-6-12-10;1-6-13-8(10(2,3)4)7(5-11)9(12)14-6;1-10(2,3)9-8-7(4-5-11-9)12-6-13-8;1-5-12-7(9(2,3)4)6(10)8(11)13-5;1-9(2,3)7-6(4-10)8(11)13-5-12-7;1-8(2,3)6-5(9)7(10)12-4-11-6;1-8(2,3)6-5-7(10-4-9-6)12-13-11-5/h10H,1-4H3;4-7H,1-3H3;1-4H3,(H2,12,13,14);4-6H,1-3H3,(H,12,13);1-4H3,(H2,11,12,13);5H,1-3H3,(H2,11,12,13);4H,1-3H3,(H2,10,11,12);4H,1-3H3,(H,9,10,11,12,13). The third kappa shape index (κ3) is 24.7. The normalized spacial score (nSPS) is 11.7. The number of anilines is 4. The monoisotopic (exact) mass is 1500 g/mol. The van der Waals surface area contributed by atoms with Crippen molar-refractivity contribution < 1.29 is 13.2 Å². The van der Waals surface area contributed by atoms with Gasteiger partial charge in [-0.25, -0.2) is 73.6 Å². The summed E-state index contributed by atoms with van der Waals surface area (Å²) in [5.41, 5.74) is 32.4. The first-order valence-corrected chi connectivity index (χ1v) is 34.7. The highest BCUT2D eigenvalue weighted by Gasteiger charge is 2.30. The lowest BCUT2D eigenvalue weighted by Crippen LogP contribution is -2.19. The molecule has 0 aliphatic heterocycles. The molecular weight excluding hydrogens is 1400 g/mol. The minimum Gasteiger partial charge on any atom is -0.464 e. The number of nitrogen functional groups attached to an aromatic ring is 4. The van der Waals surface area contributed by atoms with E-state index in [9.17, 15) is 8.78 Å². The number of rotatable bonds is 1. The number of nitrogens with one attached hydrogen (secondary N) is 2. The maximum atomic E-state index is 12.7. The van der Waals surface area contributed by atoms with Crippen molar-refractivity contribution in [2.45, 2.75) is 237 Å². The van der Waals surface area contributed by atoms with E-state index in [4.69, 9.17) is 66.3 Å². The maximum absolute atomic E-state index is 12.7. The molecule has 0 atom stereocenters. The third-order valence-electron chi connectivity index (χ3n) is 14.8. The van der Waals surface area contributed by atoms with Crippen molar-refractivity contribution >= 4 is 79.6 Å². The number of hydrogen-bond donors (Lipinski definition) is 6. The molecule has 570 valence electrons. The fourth-order valence-electron chi connectivity index (χ4n) is 9.85. The second-order valence-corrected chi connectivity index (χ2v) is 33.5. The highest BCUT2D eigenvalue weighted by atomic mass is 35.5. The van der Waals surface area contributed by atoms with E-state index in [1.165, 1.54) is 19.0 Å². The summed E-state index contributed by atoms with van der Waals surface area (Å²) in [6.07, 6.45) is 8.62. The Hall–Kier alpha value is -10.7. The zero-order valence-electron chi connectivity index (χ0n) is 66.5. The number of imidazole rings is 1. The van der Waals surface area contributed by atoms with Crippen molar-refractivity contribution in [3.8, 4) is 18.2 Å². The first-order valence-electron chi connectivity index (χ1n) is 33.9. The zero-order chi connectivity index (χ0) is 81.5. The average molecular weight is 1500 g/mol. The molecule has 0 bridgehead atoms. The number of fused-ring (bicyclic) bond motifs is 3. The van der Waals surface area contributed by atoms with Crippen molar-refractivity contribution in [1.29, 1.82) is 15.8 Å². The number of aromatic nitrogens is 19. The molecule has 10 N–H and O–H groups in total. The van der Waals surface area contributed by atoms with Gasteiger partial charge in [-0.2, -0.15) is 26.1 Å². The first-order chi connectivity index (χ1) is 49.1. The predicted octanol–water partition coefficient (Wildman–Crippen LogP) is 16.4. The van der Waals surface area contributed by atoms with Gasteiger partial charge < -0.3 is 32.3 Å². The van der Waals surface area contributed by atoms with Crippen LogP contribution in [0.2, 0.25) is 10.0 Å². The summed E-state index contributed by atoms with van der Waals surface area (Å²) >= 11 is 11.9. The van der Waals surface area contributed by atoms with Crippen LogP contribution in [0.1, 0.15) is 258 Å². The van der Waals surface area contributed by atoms with Gasteiger partial charge in [0, 0.05) is 61.1 Å². The van der Waals surface area contributed by atoms with Crippen molar-refractivity contribution in [1.82, 2.24) is 95.2 Å². The van der Waals surface area contributed by atoms with Crippen LogP contribution in [0.5, 0.6) is 0 Å². The maximum Gasteiger partial charge on any atom is 0.281 e. The minimum absolute atomic E-state index is 0.0297. The number of nitrogens with two attached hydrogens (primary N) is 4. The van der Waals surface area contributed by atoms with Crippen LogP contribution in [0.4, 0.5) is 32.1 Å². The molecule has 27 nitrogen and oxygen atoms in total. The highest BCUT2D eigenvalue weighted by molar-refractivity contribution is 6.33. The van der Waals surface area contributed by atoms with Crippen LogP contribution in [0, 0.1) is 54.8 Å². The number of halogens is 4. The SMILES string of the molecule is CC(C)(C)c1nccc2[nH]cnc12.CC(C)(C)c1nccc2occc12.CC(C)(C)c1ncnc(N)c1C#N.CC(C)(C)c1ncnc(N)c1Cl.CC(C)(C)c1ncnc2n[nH]nc12.Cc1nc(C(F)F)c(C#N)c(C(C)(C)C)n1.Cc1nc(N)c(C#N)c(C(C)(C)C)n1.Cc1nc(N)c(Cl)c(C(C)(C)C)n1. The molecule has 11 rings (SSSR count). The largest absolute Gasteiger partial charge is 0.464 e. The molecule has 0 saturated carbocycles. The van der Waals surface area contributed by atoms with Crippen LogP contribution in [0.25, 0.3) is 33.2 Å². The molecule has 0 spiro atoms. The molecule has 11 aromatic heterocycles. The van der Waals surface area contributed by atoms with E-state index in [0.29, 0.717) is 67.2 Å². The summed E-state index contributed by atoms with van der Waals surface area (Å²) in [4.78, 5) is 64.2. The van der Waals surface area contributed by atoms with Crippen LogP contribution in [-0.4, -0.2) is 95.2 Å². The quantitative estimate of drug-likeness (QED) is 0.0889. The van der Waals surface area contributed by atoms with Crippen molar-refractivity contribution in [3.63, 3.8) is 0 Å². The molecule has 0 aliphatic carbocycles. The molecule has 0 saturated heterocycles. The Morgan fingerprint density at radius 1 is 0.411 bits per heavy atom. The second-order valence-electron chi connectivity index (χ2n) is 32.8. The summed E-state index contributed by atoms with van der Waals surface area (Å²) in [5.74, 6) is 2.75. The van der Waals surface area contributed by atoms with E-state index in [1.807, 2.05) is 147 Å². The van der Waals surface area contributed by atoms with Crippen molar-refractivity contribution in [2.24, 2.45) is 0 Å².